The van der Waals surface area contributed by atoms with Crippen molar-refractivity contribution < 1.29 is 5.11 Å². The number of rotatable bonds is 4. The van der Waals surface area contributed by atoms with Crippen LogP contribution < -0.4 is 5.32 Å². The Morgan fingerprint density at radius 3 is 2.72 bits per heavy atom. The van der Waals surface area contributed by atoms with E-state index in [2.05, 4.69) is 28.2 Å². The van der Waals surface area contributed by atoms with E-state index >= 15 is 0 Å². The molecule has 0 saturated heterocycles. The smallest absolute Gasteiger partial charge is 0.120 e. The molecular weight excluding hydrogens is 290 g/mol. The van der Waals surface area contributed by atoms with Gasteiger partial charge in [-0.05, 0) is 49.4 Å². The highest BCUT2D eigenvalue weighted by Crippen LogP contribution is 2.28. The number of nitrogens with one attached hydrogen (secondary N) is 1. The number of hydrogen-bond acceptors (Lipinski definition) is 2. The molecule has 0 heterocycles. The van der Waals surface area contributed by atoms with Crippen molar-refractivity contribution in [2.45, 2.75) is 39.2 Å². The molecule has 0 unspecified atom stereocenters. The summed E-state index contributed by atoms with van der Waals surface area (Å²) in [6.07, 6.45) is 5.43. The van der Waals surface area contributed by atoms with E-state index in [9.17, 15) is 5.11 Å². The highest BCUT2D eigenvalue weighted by Gasteiger charge is 2.17. The van der Waals surface area contributed by atoms with Crippen LogP contribution in [0.3, 0.4) is 0 Å². The Labute approximate surface area is 118 Å². The van der Waals surface area contributed by atoms with Gasteiger partial charge in [0.1, 0.15) is 5.75 Å². The number of phenolic OH excluding ortho intramolecular Hbond substituents is 1. The van der Waals surface area contributed by atoms with E-state index in [4.69, 9.17) is 0 Å². The number of benzene rings is 1. The van der Waals surface area contributed by atoms with Crippen molar-refractivity contribution in [1.29, 1.82) is 0 Å². The summed E-state index contributed by atoms with van der Waals surface area (Å²) in [4.78, 5) is 0. The fraction of sp³-hybridized carbons (Fsp3) is 0.600. The van der Waals surface area contributed by atoms with Gasteiger partial charge in [-0.2, -0.15) is 0 Å². The van der Waals surface area contributed by atoms with Crippen molar-refractivity contribution in [3.8, 4) is 5.75 Å². The second kappa shape index (κ2) is 6.58. The van der Waals surface area contributed by atoms with Gasteiger partial charge in [0, 0.05) is 16.6 Å². The van der Waals surface area contributed by atoms with Crippen molar-refractivity contribution in [2.24, 2.45) is 11.8 Å². The van der Waals surface area contributed by atoms with E-state index in [1.54, 1.807) is 6.07 Å². The first-order valence-electron chi connectivity index (χ1n) is 6.83. The maximum Gasteiger partial charge on any atom is 0.120 e. The first-order chi connectivity index (χ1) is 8.65. The van der Waals surface area contributed by atoms with Gasteiger partial charge in [0.25, 0.3) is 0 Å². The van der Waals surface area contributed by atoms with Crippen LogP contribution in [-0.4, -0.2) is 11.7 Å². The Morgan fingerprint density at radius 2 is 2.00 bits per heavy atom. The molecule has 0 bridgehead atoms. The van der Waals surface area contributed by atoms with Gasteiger partial charge in [-0.25, -0.2) is 0 Å². The van der Waals surface area contributed by atoms with Gasteiger partial charge >= 0.3 is 0 Å². The minimum absolute atomic E-state index is 0.378. The molecule has 0 amide bonds. The zero-order valence-electron chi connectivity index (χ0n) is 11.0. The molecular formula is C15H22BrNO. The van der Waals surface area contributed by atoms with Gasteiger partial charge in [-0.3, -0.25) is 0 Å². The fourth-order valence-electron chi connectivity index (χ4n) is 2.64. The molecule has 100 valence electrons. The van der Waals surface area contributed by atoms with Crippen molar-refractivity contribution in [1.82, 2.24) is 5.32 Å². The van der Waals surface area contributed by atoms with Crippen LogP contribution in [0.15, 0.2) is 22.7 Å². The average Bonchev–Trinajstić information content (AvgIpc) is 2.36. The van der Waals surface area contributed by atoms with E-state index in [-0.39, 0.29) is 0 Å². The van der Waals surface area contributed by atoms with Crippen LogP contribution >= 0.6 is 15.9 Å². The summed E-state index contributed by atoms with van der Waals surface area (Å²) in [6, 6.07) is 5.58. The SMILES string of the molecule is CC1CCC(CNCc2cc(Br)ccc2O)CC1. The molecule has 1 aromatic rings. The largest absolute Gasteiger partial charge is 0.508 e. The minimum atomic E-state index is 0.378. The molecule has 0 atom stereocenters. The molecule has 1 aliphatic carbocycles. The molecule has 0 radical (unpaired) electrons. The Hall–Kier alpha value is -0.540. The highest BCUT2D eigenvalue weighted by atomic mass is 79.9. The molecule has 1 aromatic carbocycles. The lowest BCUT2D eigenvalue weighted by molar-refractivity contribution is 0.281. The molecule has 3 heteroatoms. The van der Waals surface area contributed by atoms with E-state index in [0.29, 0.717) is 5.75 Å². The van der Waals surface area contributed by atoms with Crippen molar-refractivity contribution in [3.05, 3.63) is 28.2 Å². The molecule has 1 aliphatic rings. The topological polar surface area (TPSA) is 32.3 Å². The Morgan fingerprint density at radius 1 is 1.28 bits per heavy atom. The lowest BCUT2D eigenvalue weighted by atomic mass is 9.83. The summed E-state index contributed by atoms with van der Waals surface area (Å²) in [7, 11) is 0. The van der Waals surface area contributed by atoms with Gasteiger partial charge in [0.05, 0.1) is 0 Å². The van der Waals surface area contributed by atoms with E-state index in [1.165, 1.54) is 25.7 Å². The first kappa shape index (κ1) is 13.9. The fourth-order valence-corrected chi connectivity index (χ4v) is 3.05. The molecule has 1 saturated carbocycles. The van der Waals surface area contributed by atoms with Crippen LogP contribution in [0.25, 0.3) is 0 Å². The van der Waals surface area contributed by atoms with Crippen molar-refractivity contribution >= 4 is 15.9 Å². The van der Waals surface area contributed by atoms with Crippen LogP contribution in [0.4, 0.5) is 0 Å². The molecule has 0 aliphatic heterocycles. The summed E-state index contributed by atoms with van der Waals surface area (Å²) >= 11 is 3.43. The van der Waals surface area contributed by atoms with Crippen molar-refractivity contribution in [2.75, 3.05) is 6.54 Å². The average molecular weight is 312 g/mol. The van der Waals surface area contributed by atoms with Crippen LogP contribution in [0, 0.1) is 11.8 Å². The number of phenols is 1. The first-order valence-corrected chi connectivity index (χ1v) is 7.62. The van der Waals surface area contributed by atoms with E-state index in [0.717, 1.165) is 35.0 Å². The molecule has 2 rings (SSSR count). The van der Waals surface area contributed by atoms with E-state index in [1.807, 2.05) is 12.1 Å². The summed E-state index contributed by atoms with van der Waals surface area (Å²) in [5.74, 6) is 2.11. The third-order valence-corrected chi connectivity index (χ3v) is 4.42. The maximum absolute atomic E-state index is 9.75. The Bertz CT molecular complexity index is 386. The lowest BCUT2D eigenvalue weighted by Crippen LogP contribution is -2.25. The molecule has 1 fully saturated rings. The Kier molecular flexibility index (Phi) is 5.07. The lowest BCUT2D eigenvalue weighted by Gasteiger charge is -2.26. The predicted octanol–water partition coefficient (Wildman–Crippen LogP) is 4.07. The van der Waals surface area contributed by atoms with Crippen molar-refractivity contribution in [3.63, 3.8) is 0 Å². The van der Waals surface area contributed by atoms with Crippen LogP contribution in [0.1, 0.15) is 38.2 Å². The monoisotopic (exact) mass is 311 g/mol. The molecule has 0 spiro atoms. The van der Waals surface area contributed by atoms with Gasteiger partial charge in [-0.1, -0.05) is 35.7 Å². The molecule has 18 heavy (non-hydrogen) atoms. The van der Waals surface area contributed by atoms with Crippen LogP contribution in [-0.2, 0) is 6.54 Å². The minimum Gasteiger partial charge on any atom is -0.508 e. The quantitative estimate of drug-likeness (QED) is 0.878. The third-order valence-electron chi connectivity index (χ3n) is 3.93. The highest BCUT2D eigenvalue weighted by molar-refractivity contribution is 9.10. The molecule has 0 aromatic heterocycles. The zero-order chi connectivity index (χ0) is 13.0. The third kappa shape index (κ3) is 3.99. The number of halogens is 1. The van der Waals surface area contributed by atoms with Gasteiger partial charge in [-0.15, -0.1) is 0 Å². The summed E-state index contributed by atoms with van der Waals surface area (Å²) in [5.41, 5.74) is 0.966. The summed E-state index contributed by atoms with van der Waals surface area (Å²) < 4.78 is 1.02. The standard InChI is InChI=1S/C15H22BrNO/c1-11-2-4-12(5-3-11)9-17-10-13-8-14(16)6-7-15(13)18/h6-8,11-12,17-18H,2-5,9-10H2,1H3. The van der Waals surface area contributed by atoms with Gasteiger partial charge in [0.15, 0.2) is 0 Å². The Balaban J connectivity index is 1.76. The van der Waals surface area contributed by atoms with Gasteiger partial charge < -0.3 is 10.4 Å². The van der Waals surface area contributed by atoms with Gasteiger partial charge in [0.2, 0.25) is 0 Å². The second-order valence-corrected chi connectivity index (χ2v) is 6.45. The molecule has 2 N–H and O–H groups in total. The maximum atomic E-state index is 9.75. The predicted molar refractivity (Wildman–Crippen MR) is 78.6 cm³/mol. The number of hydrogen-bond donors (Lipinski definition) is 2. The molecule has 2 nitrogen and oxygen atoms in total. The summed E-state index contributed by atoms with van der Waals surface area (Å²) in [5, 5.41) is 13.2. The van der Waals surface area contributed by atoms with Crippen LogP contribution in [0.2, 0.25) is 0 Å². The zero-order valence-corrected chi connectivity index (χ0v) is 12.5. The van der Waals surface area contributed by atoms with E-state index < -0.39 is 0 Å². The second-order valence-electron chi connectivity index (χ2n) is 5.53. The van der Waals surface area contributed by atoms with Crippen LogP contribution in [0.5, 0.6) is 5.75 Å². The number of aromatic hydroxyl groups is 1. The normalized spacial score (nSPS) is 24.1. The summed E-state index contributed by atoms with van der Waals surface area (Å²) in [6.45, 7) is 4.17.